The highest BCUT2D eigenvalue weighted by Crippen LogP contribution is 2.35. The summed E-state index contributed by atoms with van der Waals surface area (Å²) >= 11 is 0. The maximum atomic E-state index is 4.82. The SMILES string of the molecule is c1cnc(N2CCN(C3CN(c4ccnc(C5CCC5)n4)C3)CC2)nc1. The van der Waals surface area contributed by atoms with Gasteiger partial charge in [0.15, 0.2) is 0 Å². The summed E-state index contributed by atoms with van der Waals surface area (Å²) in [6, 6.07) is 4.56. The van der Waals surface area contributed by atoms with Crippen LogP contribution in [0.1, 0.15) is 31.0 Å². The molecular formula is C19H25N7. The van der Waals surface area contributed by atoms with Gasteiger partial charge in [-0.05, 0) is 25.0 Å². The Hall–Kier alpha value is -2.28. The summed E-state index contributed by atoms with van der Waals surface area (Å²) in [6.45, 7) is 6.30. The molecule has 0 spiro atoms. The molecule has 3 aliphatic rings. The Bertz CT molecular complexity index is 735. The first-order chi connectivity index (χ1) is 12.9. The summed E-state index contributed by atoms with van der Waals surface area (Å²) in [5, 5.41) is 0. The quantitative estimate of drug-likeness (QED) is 0.828. The number of hydrogen-bond donors (Lipinski definition) is 0. The first kappa shape index (κ1) is 15.9. The van der Waals surface area contributed by atoms with Gasteiger partial charge in [0.1, 0.15) is 11.6 Å². The molecule has 0 aromatic carbocycles. The second-order valence-electron chi connectivity index (χ2n) is 7.53. The van der Waals surface area contributed by atoms with E-state index in [-0.39, 0.29) is 0 Å². The molecule has 3 fully saturated rings. The van der Waals surface area contributed by atoms with E-state index >= 15 is 0 Å². The predicted molar refractivity (Wildman–Crippen MR) is 100 cm³/mol. The molecule has 5 rings (SSSR count). The minimum Gasteiger partial charge on any atom is -0.353 e. The Labute approximate surface area is 154 Å². The smallest absolute Gasteiger partial charge is 0.225 e. The summed E-state index contributed by atoms with van der Waals surface area (Å²) in [7, 11) is 0. The summed E-state index contributed by atoms with van der Waals surface area (Å²) in [5.41, 5.74) is 0. The average Bonchev–Trinajstić information content (AvgIpc) is 2.61. The Balaban J connectivity index is 1.14. The molecule has 26 heavy (non-hydrogen) atoms. The predicted octanol–water partition coefficient (Wildman–Crippen LogP) is 1.54. The molecule has 0 unspecified atom stereocenters. The summed E-state index contributed by atoms with van der Waals surface area (Å²) in [5.74, 6) is 3.61. The van der Waals surface area contributed by atoms with Crippen LogP contribution in [0.25, 0.3) is 0 Å². The van der Waals surface area contributed by atoms with Crippen LogP contribution in [0.2, 0.25) is 0 Å². The molecule has 136 valence electrons. The van der Waals surface area contributed by atoms with Crippen molar-refractivity contribution in [2.24, 2.45) is 0 Å². The number of anilines is 2. The number of nitrogens with zero attached hydrogens (tertiary/aromatic N) is 7. The highest BCUT2D eigenvalue weighted by atomic mass is 15.4. The van der Waals surface area contributed by atoms with Crippen molar-refractivity contribution < 1.29 is 0 Å². The number of rotatable bonds is 4. The van der Waals surface area contributed by atoms with E-state index in [1.54, 1.807) is 0 Å². The normalized spacial score (nSPS) is 22.2. The van der Waals surface area contributed by atoms with Gasteiger partial charge in [0.25, 0.3) is 0 Å². The lowest BCUT2D eigenvalue weighted by atomic mass is 9.85. The van der Waals surface area contributed by atoms with Crippen LogP contribution >= 0.6 is 0 Å². The van der Waals surface area contributed by atoms with E-state index in [1.807, 2.05) is 24.7 Å². The van der Waals surface area contributed by atoms with E-state index in [0.29, 0.717) is 12.0 Å². The van der Waals surface area contributed by atoms with E-state index in [9.17, 15) is 0 Å². The van der Waals surface area contributed by atoms with Crippen molar-refractivity contribution in [1.82, 2.24) is 24.8 Å². The van der Waals surface area contributed by atoms with E-state index in [1.165, 1.54) is 19.3 Å². The van der Waals surface area contributed by atoms with Crippen molar-refractivity contribution in [3.63, 3.8) is 0 Å². The van der Waals surface area contributed by atoms with Crippen molar-refractivity contribution >= 4 is 11.8 Å². The van der Waals surface area contributed by atoms with Crippen LogP contribution in [-0.2, 0) is 0 Å². The van der Waals surface area contributed by atoms with Crippen molar-refractivity contribution in [3.05, 3.63) is 36.5 Å². The van der Waals surface area contributed by atoms with Crippen molar-refractivity contribution in [2.75, 3.05) is 49.1 Å². The fourth-order valence-electron chi connectivity index (χ4n) is 4.02. The van der Waals surface area contributed by atoms with Crippen LogP contribution in [0.4, 0.5) is 11.8 Å². The lowest BCUT2D eigenvalue weighted by molar-refractivity contribution is 0.156. The zero-order chi connectivity index (χ0) is 17.3. The van der Waals surface area contributed by atoms with Gasteiger partial charge in [-0.2, -0.15) is 0 Å². The van der Waals surface area contributed by atoms with Crippen molar-refractivity contribution in [3.8, 4) is 0 Å². The monoisotopic (exact) mass is 351 g/mol. The molecule has 2 aliphatic heterocycles. The summed E-state index contributed by atoms with van der Waals surface area (Å²) < 4.78 is 0. The van der Waals surface area contributed by atoms with Gasteiger partial charge in [-0.1, -0.05) is 6.42 Å². The zero-order valence-electron chi connectivity index (χ0n) is 15.0. The van der Waals surface area contributed by atoms with E-state index in [4.69, 9.17) is 4.98 Å². The lowest BCUT2D eigenvalue weighted by Gasteiger charge is -2.48. The molecule has 4 heterocycles. The third kappa shape index (κ3) is 3.00. The van der Waals surface area contributed by atoms with Gasteiger partial charge in [0, 0.05) is 69.8 Å². The topological polar surface area (TPSA) is 61.3 Å². The molecule has 1 aliphatic carbocycles. The Morgan fingerprint density at radius 1 is 0.846 bits per heavy atom. The second-order valence-corrected chi connectivity index (χ2v) is 7.53. The molecule has 1 saturated carbocycles. The van der Waals surface area contributed by atoms with Gasteiger partial charge >= 0.3 is 0 Å². The molecule has 0 N–H and O–H groups in total. The highest BCUT2D eigenvalue weighted by molar-refractivity contribution is 5.42. The molecule has 0 atom stereocenters. The van der Waals surface area contributed by atoms with Crippen molar-refractivity contribution in [2.45, 2.75) is 31.2 Å². The lowest BCUT2D eigenvalue weighted by Crippen LogP contribution is -2.63. The Kier molecular flexibility index (Phi) is 4.16. The van der Waals surface area contributed by atoms with E-state index < -0.39 is 0 Å². The third-order valence-electron chi connectivity index (χ3n) is 5.98. The Morgan fingerprint density at radius 2 is 1.62 bits per heavy atom. The minimum absolute atomic E-state index is 0.598. The van der Waals surface area contributed by atoms with Crippen LogP contribution in [0.5, 0.6) is 0 Å². The third-order valence-corrected chi connectivity index (χ3v) is 5.98. The molecule has 0 amide bonds. The fourth-order valence-corrected chi connectivity index (χ4v) is 4.02. The summed E-state index contributed by atoms with van der Waals surface area (Å²) in [4.78, 5) is 25.3. The molecule has 7 heteroatoms. The average molecular weight is 351 g/mol. The molecule has 2 aromatic heterocycles. The van der Waals surface area contributed by atoms with Gasteiger partial charge in [0.05, 0.1) is 0 Å². The second kappa shape index (κ2) is 6.79. The molecule has 2 saturated heterocycles. The van der Waals surface area contributed by atoms with Crippen LogP contribution in [-0.4, -0.2) is 70.1 Å². The molecular weight excluding hydrogens is 326 g/mol. The van der Waals surface area contributed by atoms with Gasteiger partial charge in [-0.25, -0.2) is 19.9 Å². The number of piperazine rings is 1. The van der Waals surface area contributed by atoms with E-state index in [0.717, 1.165) is 56.9 Å². The summed E-state index contributed by atoms with van der Waals surface area (Å²) in [6.07, 6.45) is 9.39. The van der Waals surface area contributed by atoms with Crippen LogP contribution < -0.4 is 9.80 Å². The van der Waals surface area contributed by atoms with Crippen molar-refractivity contribution in [1.29, 1.82) is 0 Å². The van der Waals surface area contributed by atoms with Gasteiger partial charge < -0.3 is 9.80 Å². The van der Waals surface area contributed by atoms with Gasteiger partial charge in [0.2, 0.25) is 5.95 Å². The zero-order valence-corrected chi connectivity index (χ0v) is 15.0. The van der Waals surface area contributed by atoms with Gasteiger partial charge in [-0.15, -0.1) is 0 Å². The largest absolute Gasteiger partial charge is 0.353 e. The molecule has 0 radical (unpaired) electrons. The minimum atomic E-state index is 0.598. The first-order valence-corrected chi connectivity index (χ1v) is 9.71. The van der Waals surface area contributed by atoms with Gasteiger partial charge in [-0.3, -0.25) is 4.90 Å². The number of hydrogen-bond acceptors (Lipinski definition) is 7. The highest BCUT2D eigenvalue weighted by Gasteiger charge is 2.35. The molecule has 2 aromatic rings. The fraction of sp³-hybridized carbons (Fsp3) is 0.579. The molecule has 0 bridgehead atoms. The van der Waals surface area contributed by atoms with E-state index in [2.05, 4.69) is 35.7 Å². The standard InChI is InChI=1S/C19H25N7/c1-3-15(4-1)18-20-8-5-17(23-18)26-13-16(14-26)24-9-11-25(12-10-24)19-21-6-2-7-22-19/h2,5-8,15-16H,1,3-4,9-14H2. The maximum Gasteiger partial charge on any atom is 0.225 e. The van der Waals surface area contributed by atoms with Crippen LogP contribution in [0.15, 0.2) is 30.7 Å². The Morgan fingerprint density at radius 3 is 2.31 bits per heavy atom. The molecule has 7 nitrogen and oxygen atoms in total. The van der Waals surface area contributed by atoms with Crippen LogP contribution in [0, 0.1) is 0 Å². The van der Waals surface area contributed by atoms with Crippen LogP contribution in [0.3, 0.4) is 0 Å². The number of aromatic nitrogens is 4. The first-order valence-electron chi connectivity index (χ1n) is 9.71. The maximum absolute atomic E-state index is 4.82.